The Morgan fingerprint density at radius 1 is 0.923 bits per heavy atom. The van der Waals surface area contributed by atoms with Crippen LogP contribution in [0.3, 0.4) is 0 Å². The van der Waals surface area contributed by atoms with Crippen molar-refractivity contribution in [1.29, 1.82) is 0 Å². The Morgan fingerprint density at radius 3 is 2.51 bits per heavy atom. The average molecular weight is 530 g/mol. The minimum absolute atomic E-state index is 0.0515. The normalized spacial score (nSPS) is 11.7. The molecular weight excluding hydrogens is 502 g/mol. The summed E-state index contributed by atoms with van der Waals surface area (Å²) in [5.41, 5.74) is 2.48. The first-order valence-electron chi connectivity index (χ1n) is 12.3. The molecule has 0 bridgehead atoms. The van der Waals surface area contributed by atoms with Gasteiger partial charge in [-0.2, -0.15) is 0 Å². The summed E-state index contributed by atoms with van der Waals surface area (Å²) in [6.07, 6.45) is 0. The number of carboxylic acids is 1. The molecule has 39 heavy (non-hydrogen) atoms. The monoisotopic (exact) mass is 529 g/mol. The van der Waals surface area contributed by atoms with Crippen molar-refractivity contribution in [3.05, 3.63) is 89.6 Å². The van der Waals surface area contributed by atoms with Gasteiger partial charge in [-0.25, -0.2) is 9.78 Å². The van der Waals surface area contributed by atoms with Crippen LogP contribution in [0.4, 0.5) is 0 Å². The zero-order valence-electron chi connectivity index (χ0n) is 21.5. The maximum absolute atomic E-state index is 12.5. The summed E-state index contributed by atoms with van der Waals surface area (Å²) in [5, 5.41) is 10.2. The van der Waals surface area contributed by atoms with Crippen molar-refractivity contribution in [2.45, 2.75) is 13.5 Å². The molecule has 0 saturated heterocycles. The molecule has 1 aliphatic heterocycles. The number of aromatic nitrogens is 1. The third kappa shape index (κ3) is 6.05. The van der Waals surface area contributed by atoms with Gasteiger partial charge in [-0.1, -0.05) is 30.3 Å². The van der Waals surface area contributed by atoms with Crippen LogP contribution in [0.1, 0.15) is 21.6 Å². The third-order valence-corrected chi connectivity index (χ3v) is 5.96. The van der Waals surface area contributed by atoms with Crippen LogP contribution in [0.5, 0.6) is 34.6 Å². The largest absolute Gasteiger partial charge is 0.497 e. The van der Waals surface area contributed by atoms with Gasteiger partial charge < -0.3 is 33.5 Å². The van der Waals surface area contributed by atoms with E-state index in [2.05, 4.69) is 4.98 Å². The van der Waals surface area contributed by atoms with Crippen LogP contribution in [0.25, 0.3) is 11.1 Å². The predicted molar refractivity (Wildman–Crippen MR) is 142 cm³/mol. The Labute approximate surface area is 225 Å². The van der Waals surface area contributed by atoms with E-state index in [4.69, 9.17) is 28.4 Å². The van der Waals surface area contributed by atoms with Crippen molar-refractivity contribution in [1.82, 2.24) is 4.98 Å². The first-order valence-corrected chi connectivity index (χ1v) is 12.3. The van der Waals surface area contributed by atoms with E-state index in [0.717, 1.165) is 5.56 Å². The van der Waals surface area contributed by atoms with Gasteiger partial charge in [0.1, 0.15) is 29.4 Å². The summed E-state index contributed by atoms with van der Waals surface area (Å²) in [5.74, 6) is 1.24. The number of aromatic carboxylic acids is 1. The summed E-state index contributed by atoms with van der Waals surface area (Å²) in [6, 6.07) is 21.8. The lowest BCUT2D eigenvalue weighted by Gasteiger charge is -2.17. The topological polar surface area (TPSA) is 106 Å². The number of carbonyl (C=O) groups is 1. The molecule has 2 heterocycles. The molecule has 0 spiro atoms. The molecule has 0 amide bonds. The average Bonchev–Trinajstić information content (AvgIpc) is 3.41. The molecule has 1 aliphatic rings. The van der Waals surface area contributed by atoms with Crippen LogP contribution >= 0.6 is 0 Å². The van der Waals surface area contributed by atoms with E-state index in [1.807, 2.05) is 30.3 Å². The molecule has 0 unspecified atom stereocenters. The van der Waals surface area contributed by atoms with E-state index in [0.29, 0.717) is 58.8 Å². The maximum Gasteiger partial charge on any atom is 0.341 e. The smallest absolute Gasteiger partial charge is 0.341 e. The van der Waals surface area contributed by atoms with Gasteiger partial charge in [-0.05, 0) is 42.8 Å². The molecule has 1 N–H and O–H groups in total. The van der Waals surface area contributed by atoms with Crippen LogP contribution in [0, 0.1) is 6.92 Å². The van der Waals surface area contributed by atoms with Crippen molar-refractivity contribution in [2.75, 3.05) is 27.1 Å². The lowest BCUT2D eigenvalue weighted by molar-refractivity contribution is 0.0694. The van der Waals surface area contributed by atoms with Gasteiger partial charge in [-0.15, -0.1) is 0 Å². The number of ether oxygens (including phenoxy) is 6. The standard InChI is InChI=1S/C30H27NO8/c1-19-14-24(28(30(32)33)29(31-19)39-22-9-11-25-27(16-22)38-18-37-25)23-10-8-21(34-2)15-26(23)36-13-12-35-17-20-6-4-3-5-7-20/h3-11,14-16H,12-13,17-18H2,1-2H3,(H,32,33). The number of fused-ring (bicyclic) bond motifs is 1. The van der Waals surface area contributed by atoms with Gasteiger partial charge in [0.15, 0.2) is 11.5 Å². The van der Waals surface area contributed by atoms with Crippen molar-refractivity contribution in [3.8, 4) is 45.8 Å². The van der Waals surface area contributed by atoms with Crippen LogP contribution in [-0.4, -0.2) is 43.2 Å². The van der Waals surface area contributed by atoms with Gasteiger partial charge >= 0.3 is 5.97 Å². The Morgan fingerprint density at radius 2 is 1.72 bits per heavy atom. The Hall–Kier alpha value is -4.76. The molecule has 9 nitrogen and oxygen atoms in total. The highest BCUT2D eigenvalue weighted by molar-refractivity contribution is 5.99. The maximum atomic E-state index is 12.5. The number of benzene rings is 3. The van der Waals surface area contributed by atoms with Gasteiger partial charge in [0.05, 0.1) is 20.3 Å². The Balaban J connectivity index is 1.42. The van der Waals surface area contributed by atoms with Gasteiger partial charge in [0.25, 0.3) is 0 Å². The van der Waals surface area contributed by atoms with Crippen molar-refractivity contribution in [3.63, 3.8) is 0 Å². The predicted octanol–water partition coefficient (Wildman–Crippen LogP) is 5.88. The highest BCUT2D eigenvalue weighted by atomic mass is 16.7. The minimum atomic E-state index is -1.19. The van der Waals surface area contributed by atoms with Crippen LogP contribution < -0.4 is 23.7 Å². The first-order chi connectivity index (χ1) is 19.0. The SMILES string of the molecule is COc1ccc(-c2cc(C)nc(Oc3ccc4c(c3)OCO4)c2C(=O)O)c(OCCOCc2ccccc2)c1. The van der Waals surface area contributed by atoms with Crippen molar-refractivity contribution in [2.24, 2.45) is 0 Å². The summed E-state index contributed by atoms with van der Waals surface area (Å²) in [4.78, 5) is 16.9. The van der Waals surface area contributed by atoms with Gasteiger partial charge in [-0.3, -0.25) is 0 Å². The lowest BCUT2D eigenvalue weighted by Crippen LogP contribution is -2.09. The van der Waals surface area contributed by atoms with Gasteiger partial charge in [0, 0.05) is 29.0 Å². The molecule has 9 heteroatoms. The molecular formula is C30H27NO8. The second-order valence-corrected chi connectivity index (χ2v) is 8.66. The highest BCUT2D eigenvalue weighted by Gasteiger charge is 2.24. The van der Waals surface area contributed by atoms with Gasteiger partial charge in [0.2, 0.25) is 12.7 Å². The fourth-order valence-electron chi connectivity index (χ4n) is 4.14. The first kappa shape index (κ1) is 25.9. The zero-order chi connectivity index (χ0) is 27.2. The van der Waals surface area contributed by atoms with E-state index < -0.39 is 5.97 Å². The molecule has 4 aromatic rings. The second-order valence-electron chi connectivity index (χ2n) is 8.66. The van der Waals surface area contributed by atoms with E-state index >= 15 is 0 Å². The van der Waals surface area contributed by atoms with Crippen molar-refractivity contribution >= 4 is 5.97 Å². The number of nitrogens with zero attached hydrogens (tertiary/aromatic N) is 1. The van der Waals surface area contributed by atoms with E-state index in [9.17, 15) is 9.90 Å². The van der Waals surface area contributed by atoms with E-state index in [-0.39, 0.29) is 24.8 Å². The quantitative estimate of drug-likeness (QED) is 0.238. The number of hydrogen-bond donors (Lipinski definition) is 1. The summed E-state index contributed by atoms with van der Waals surface area (Å²) in [7, 11) is 1.55. The lowest BCUT2D eigenvalue weighted by atomic mass is 9.99. The van der Waals surface area contributed by atoms with Crippen molar-refractivity contribution < 1.29 is 38.3 Å². The van der Waals surface area contributed by atoms with Crippen LogP contribution in [0.15, 0.2) is 72.8 Å². The minimum Gasteiger partial charge on any atom is -0.497 e. The molecule has 0 atom stereocenters. The third-order valence-electron chi connectivity index (χ3n) is 5.96. The molecule has 0 aliphatic carbocycles. The second kappa shape index (κ2) is 11.7. The molecule has 200 valence electrons. The Kier molecular flexibility index (Phi) is 7.79. The summed E-state index contributed by atoms with van der Waals surface area (Å²) < 4.78 is 33.9. The molecule has 5 rings (SSSR count). The number of rotatable bonds is 11. The number of aryl methyl sites for hydroxylation is 1. The fourth-order valence-corrected chi connectivity index (χ4v) is 4.14. The molecule has 0 radical (unpaired) electrons. The number of pyridine rings is 1. The molecule has 3 aromatic carbocycles. The number of methoxy groups -OCH3 is 1. The van der Waals surface area contributed by atoms with Crippen LogP contribution in [-0.2, 0) is 11.3 Å². The fraction of sp³-hybridized carbons (Fsp3) is 0.200. The Bertz CT molecular complexity index is 1470. The molecule has 1 aromatic heterocycles. The van der Waals surface area contributed by atoms with Crippen LogP contribution in [0.2, 0.25) is 0 Å². The molecule has 0 saturated carbocycles. The zero-order valence-corrected chi connectivity index (χ0v) is 21.5. The molecule has 0 fully saturated rings. The summed E-state index contributed by atoms with van der Waals surface area (Å²) >= 11 is 0. The number of carboxylic acid groups (broad SMARTS) is 1. The number of hydrogen-bond acceptors (Lipinski definition) is 8. The highest BCUT2D eigenvalue weighted by Crippen LogP contribution is 2.41. The van der Waals surface area contributed by atoms with E-state index in [1.54, 1.807) is 56.5 Å². The summed E-state index contributed by atoms with van der Waals surface area (Å²) in [6.45, 7) is 2.93. The van der Waals surface area contributed by atoms with E-state index in [1.165, 1.54) is 0 Å².